The summed E-state index contributed by atoms with van der Waals surface area (Å²) < 4.78 is 2.95. The van der Waals surface area contributed by atoms with Crippen LogP contribution in [0.15, 0.2) is 41.6 Å². The third-order valence-electron chi connectivity index (χ3n) is 4.57. The number of benzene rings is 1. The van der Waals surface area contributed by atoms with Crippen molar-refractivity contribution in [3.05, 3.63) is 74.4 Å². The van der Waals surface area contributed by atoms with Crippen molar-refractivity contribution in [1.82, 2.24) is 30.1 Å². The number of aryl methyl sites for hydroxylation is 3. The molecule has 0 atom stereocenters. The molecule has 29 heavy (non-hydrogen) atoms. The van der Waals surface area contributed by atoms with Gasteiger partial charge in [-0.05, 0) is 35.7 Å². The topological polar surface area (TPSA) is 121 Å². The molecule has 2 aromatic heterocycles. The van der Waals surface area contributed by atoms with Crippen LogP contribution in [0.4, 0.5) is 0 Å². The second kappa shape index (κ2) is 9.44. The van der Waals surface area contributed by atoms with Gasteiger partial charge in [0.2, 0.25) is 5.91 Å². The van der Waals surface area contributed by atoms with Crippen molar-refractivity contribution in [2.75, 3.05) is 0 Å². The van der Waals surface area contributed by atoms with Crippen LogP contribution in [0.25, 0.3) is 0 Å². The molecule has 0 aliphatic heterocycles. The summed E-state index contributed by atoms with van der Waals surface area (Å²) in [5, 5.41) is 15.2. The number of nitrogens with two attached hydrogens (primary N) is 1. The van der Waals surface area contributed by atoms with Gasteiger partial charge in [-0.2, -0.15) is 5.10 Å². The van der Waals surface area contributed by atoms with E-state index in [0.717, 1.165) is 11.1 Å². The third-order valence-corrected chi connectivity index (χ3v) is 4.81. The summed E-state index contributed by atoms with van der Waals surface area (Å²) in [5.41, 5.74) is 8.30. The van der Waals surface area contributed by atoms with Crippen LogP contribution in [0.1, 0.15) is 22.3 Å². The first-order valence-electron chi connectivity index (χ1n) is 9.11. The van der Waals surface area contributed by atoms with Crippen LogP contribution >= 0.6 is 11.6 Å². The van der Waals surface area contributed by atoms with Gasteiger partial charge in [0, 0.05) is 29.9 Å². The van der Waals surface area contributed by atoms with Crippen molar-refractivity contribution in [2.45, 2.75) is 39.5 Å². The van der Waals surface area contributed by atoms with E-state index in [2.05, 4.69) is 20.7 Å². The molecular formula is C19H22ClN7O2. The maximum absolute atomic E-state index is 12.7. The molecule has 0 saturated carbocycles. The molecule has 3 rings (SSSR count). The average molecular weight is 416 g/mol. The minimum absolute atomic E-state index is 0.0327. The second-order valence-electron chi connectivity index (χ2n) is 6.57. The molecule has 0 aliphatic rings. The summed E-state index contributed by atoms with van der Waals surface area (Å²) in [6.07, 6.45) is 4.83. The lowest BCUT2D eigenvalue weighted by Crippen LogP contribution is -2.33. The minimum atomic E-state index is -0.286. The first-order chi connectivity index (χ1) is 14.0. The lowest BCUT2D eigenvalue weighted by atomic mass is 10.1. The van der Waals surface area contributed by atoms with E-state index in [9.17, 15) is 9.59 Å². The molecule has 0 radical (unpaired) electrons. The number of halogens is 1. The van der Waals surface area contributed by atoms with E-state index in [4.69, 9.17) is 17.3 Å². The molecule has 0 aliphatic carbocycles. The maximum Gasteiger partial charge on any atom is 0.270 e. The van der Waals surface area contributed by atoms with Gasteiger partial charge < -0.3 is 11.1 Å². The fourth-order valence-electron chi connectivity index (χ4n) is 2.91. The zero-order valence-electron chi connectivity index (χ0n) is 16.0. The first-order valence-corrected chi connectivity index (χ1v) is 9.49. The zero-order valence-corrected chi connectivity index (χ0v) is 16.8. The summed E-state index contributed by atoms with van der Waals surface area (Å²) in [6, 6.07) is 5.38. The molecule has 0 bridgehead atoms. The van der Waals surface area contributed by atoms with Gasteiger partial charge in [0.15, 0.2) is 0 Å². The van der Waals surface area contributed by atoms with Gasteiger partial charge in [0.05, 0.1) is 31.9 Å². The van der Waals surface area contributed by atoms with Crippen molar-refractivity contribution >= 4 is 17.5 Å². The van der Waals surface area contributed by atoms with Gasteiger partial charge in [-0.25, -0.2) is 4.68 Å². The Bertz CT molecular complexity index is 1050. The third kappa shape index (κ3) is 5.27. The number of amides is 1. The minimum Gasteiger partial charge on any atom is -0.352 e. The molecule has 152 valence electrons. The largest absolute Gasteiger partial charge is 0.352 e. The lowest BCUT2D eigenvalue weighted by molar-refractivity contribution is -0.120. The fourth-order valence-corrected chi connectivity index (χ4v) is 3.10. The summed E-state index contributed by atoms with van der Waals surface area (Å²) in [4.78, 5) is 25.2. The van der Waals surface area contributed by atoms with Gasteiger partial charge in [-0.1, -0.05) is 22.9 Å². The highest BCUT2D eigenvalue weighted by molar-refractivity contribution is 6.30. The number of carbonyl (C=O) groups is 1. The maximum atomic E-state index is 12.7. The van der Waals surface area contributed by atoms with Crippen molar-refractivity contribution in [3.63, 3.8) is 0 Å². The average Bonchev–Trinajstić information content (AvgIpc) is 3.22. The number of aromatic nitrogens is 5. The molecular weight excluding hydrogens is 394 g/mol. The molecule has 10 heteroatoms. The predicted octanol–water partition coefficient (Wildman–Crippen LogP) is 0.814. The number of hydrogen-bond acceptors (Lipinski definition) is 6. The van der Waals surface area contributed by atoms with Crippen molar-refractivity contribution in [1.29, 1.82) is 0 Å². The highest BCUT2D eigenvalue weighted by atomic mass is 35.5. The molecule has 0 fully saturated rings. The molecule has 1 aromatic carbocycles. The van der Waals surface area contributed by atoms with E-state index >= 15 is 0 Å². The highest BCUT2D eigenvalue weighted by Crippen LogP contribution is 2.15. The van der Waals surface area contributed by atoms with Crippen LogP contribution in [0.3, 0.4) is 0 Å². The van der Waals surface area contributed by atoms with E-state index in [1.54, 1.807) is 42.3 Å². The van der Waals surface area contributed by atoms with Gasteiger partial charge in [-0.15, -0.1) is 5.10 Å². The van der Waals surface area contributed by atoms with Gasteiger partial charge in [-0.3, -0.25) is 14.3 Å². The monoisotopic (exact) mass is 415 g/mol. The number of hydrogen-bond donors (Lipinski definition) is 2. The summed E-state index contributed by atoms with van der Waals surface area (Å²) >= 11 is 6.03. The van der Waals surface area contributed by atoms with Crippen LogP contribution in [-0.2, 0) is 37.4 Å². The molecule has 3 N–H and O–H groups in total. The molecule has 0 saturated heterocycles. The number of rotatable bonds is 8. The summed E-state index contributed by atoms with van der Waals surface area (Å²) in [6.45, 7) is 3.19. The Labute approximate surface area is 172 Å². The lowest BCUT2D eigenvalue weighted by Gasteiger charge is -2.12. The Kier molecular flexibility index (Phi) is 6.73. The molecule has 0 unspecified atom stereocenters. The normalized spacial score (nSPS) is 10.9. The summed E-state index contributed by atoms with van der Waals surface area (Å²) in [7, 11) is 0. The Morgan fingerprint density at radius 2 is 2.10 bits per heavy atom. The smallest absolute Gasteiger partial charge is 0.270 e. The quantitative estimate of drug-likeness (QED) is 0.561. The van der Waals surface area contributed by atoms with E-state index in [-0.39, 0.29) is 24.4 Å². The van der Waals surface area contributed by atoms with Crippen LogP contribution in [-0.4, -0.2) is 30.7 Å². The van der Waals surface area contributed by atoms with Crippen LogP contribution < -0.4 is 16.6 Å². The van der Waals surface area contributed by atoms with Crippen molar-refractivity contribution in [2.24, 2.45) is 5.73 Å². The first kappa shape index (κ1) is 20.7. The van der Waals surface area contributed by atoms with E-state index in [1.165, 1.54) is 4.68 Å². The Hall–Kier alpha value is -3.04. The van der Waals surface area contributed by atoms with Gasteiger partial charge in [0.25, 0.3) is 5.56 Å². The van der Waals surface area contributed by atoms with Crippen LogP contribution in [0, 0.1) is 6.92 Å². The fraction of sp³-hybridized carbons (Fsp3) is 0.316. The van der Waals surface area contributed by atoms with Crippen molar-refractivity contribution < 1.29 is 4.79 Å². The molecule has 0 spiro atoms. The number of carbonyl (C=O) groups excluding carboxylic acids is 1. The van der Waals surface area contributed by atoms with E-state index < -0.39 is 0 Å². The molecule has 3 aromatic rings. The molecule has 9 nitrogen and oxygen atoms in total. The van der Waals surface area contributed by atoms with Crippen LogP contribution in [0.2, 0.25) is 5.02 Å². The Morgan fingerprint density at radius 1 is 1.28 bits per heavy atom. The van der Waals surface area contributed by atoms with Crippen molar-refractivity contribution in [3.8, 4) is 0 Å². The Morgan fingerprint density at radius 3 is 2.83 bits per heavy atom. The van der Waals surface area contributed by atoms with Gasteiger partial charge in [0.1, 0.15) is 0 Å². The standard InChI is InChI=1S/C19H22ClN7O2/c1-13-11-24-27(7-6-26-5-4-23-25-26)19(29)17(13)9-18(28)22-12-15-8-16(20)3-2-14(15)10-21/h2-5,8,11H,6-7,9-10,12,21H2,1H3,(H,22,28). The zero-order chi connectivity index (χ0) is 20.8. The van der Waals surface area contributed by atoms with Crippen LogP contribution in [0.5, 0.6) is 0 Å². The number of nitrogens with one attached hydrogen (secondary N) is 1. The second-order valence-corrected chi connectivity index (χ2v) is 7.01. The Balaban J connectivity index is 1.67. The molecule has 1 amide bonds. The van der Waals surface area contributed by atoms with E-state index in [0.29, 0.717) is 35.8 Å². The van der Waals surface area contributed by atoms with E-state index in [1.807, 2.05) is 6.07 Å². The SMILES string of the molecule is Cc1cnn(CCn2ccnn2)c(=O)c1CC(=O)NCc1cc(Cl)ccc1CN. The highest BCUT2D eigenvalue weighted by Gasteiger charge is 2.14. The predicted molar refractivity (Wildman–Crippen MR) is 108 cm³/mol. The molecule has 2 heterocycles. The van der Waals surface area contributed by atoms with Gasteiger partial charge >= 0.3 is 0 Å². The number of nitrogens with zero attached hydrogens (tertiary/aromatic N) is 5. The summed E-state index contributed by atoms with van der Waals surface area (Å²) in [5.74, 6) is -0.262.